The Bertz CT molecular complexity index is 331. The van der Waals surface area contributed by atoms with E-state index >= 15 is 0 Å². The molecule has 1 atom stereocenters. The van der Waals surface area contributed by atoms with E-state index in [1.54, 1.807) is 0 Å². The van der Waals surface area contributed by atoms with E-state index in [9.17, 15) is 5.11 Å². The molecule has 0 amide bonds. The van der Waals surface area contributed by atoms with Gasteiger partial charge in [0.25, 0.3) is 0 Å². The first-order valence-electron chi connectivity index (χ1n) is 5.27. The highest BCUT2D eigenvalue weighted by atomic mass is 16.3. The number of aliphatic hydroxyl groups excluding tert-OH is 1. The van der Waals surface area contributed by atoms with Crippen molar-refractivity contribution >= 4 is 0 Å². The van der Waals surface area contributed by atoms with Crippen molar-refractivity contribution in [3.05, 3.63) is 35.4 Å². The Morgan fingerprint density at radius 1 is 1.27 bits per heavy atom. The van der Waals surface area contributed by atoms with Gasteiger partial charge in [-0.25, -0.2) is 0 Å². The Morgan fingerprint density at radius 3 is 2.33 bits per heavy atom. The van der Waals surface area contributed by atoms with Crippen LogP contribution in [-0.2, 0) is 0 Å². The van der Waals surface area contributed by atoms with Crippen LogP contribution in [0.1, 0.15) is 31.1 Å². The normalized spacial score (nSPS) is 14.3. The summed E-state index contributed by atoms with van der Waals surface area (Å²) in [4.78, 5) is 2.04. The van der Waals surface area contributed by atoms with Gasteiger partial charge in [-0.3, -0.25) is 0 Å². The molecule has 2 nitrogen and oxygen atoms in total. The molecule has 1 aromatic carbocycles. The van der Waals surface area contributed by atoms with Gasteiger partial charge < -0.3 is 10.0 Å². The van der Waals surface area contributed by atoms with E-state index in [4.69, 9.17) is 0 Å². The number of aryl methyl sites for hydroxylation is 1. The second-order valence-corrected chi connectivity index (χ2v) is 4.86. The van der Waals surface area contributed by atoms with Gasteiger partial charge >= 0.3 is 0 Å². The average molecular weight is 207 g/mol. The summed E-state index contributed by atoms with van der Waals surface area (Å²) in [6.45, 7) is 6.12. The maximum atomic E-state index is 10.3. The summed E-state index contributed by atoms with van der Waals surface area (Å²) in [5.41, 5.74) is 1.91. The van der Waals surface area contributed by atoms with Crippen LogP contribution < -0.4 is 0 Å². The molecular formula is C13H21NO. The van der Waals surface area contributed by atoms with Crippen LogP contribution in [0.3, 0.4) is 0 Å². The topological polar surface area (TPSA) is 23.5 Å². The third-order valence-electron chi connectivity index (χ3n) is 3.18. The van der Waals surface area contributed by atoms with Crippen molar-refractivity contribution in [3.8, 4) is 0 Å². The maximum Gasteiger partial charge on any atom is 0.0968 e. The first kappa shape index (κ1) is 12.2. The number of aliphatic hydroxyl groups is 1. The third kappa shape index (κ3) is 2.58. The summed E-state index contributed by atoms with van der Waals surface area (Å²) < 4.78 is 0. The van der Waals surface area contributed by atoms with Crippen LogP contribution in [-0.4, -0.2) is 29.6 Å². The molecule has 0 aliphatic rings. The number of hydrogen-bond donors (Lipinski definition) is 1. The number of nitrogens with zero attached hydrogens (tertiary/aromatic N) is 1. The Kier molecular flexibility index (Phi) is 3.53. The number of likely N-dealkylation sites (N-methyl/N-ethyl adjacent to an activating group) is 1. The molecular weight excluding hydrogens is 186 g/mol. The highest BCUT2D eigenvalue weighted by Crippen LogP contribution is 2.29. The molecule has 0 aromatic heterocycles. The summed E-state index contributed by atoms with van der Waals surface area (Å²) >= 11 is 0. The molecule has 0 saturated carbocycles. The molecule has 0 aliphatic carbocycles. The standard InChI is InChI=1S/C13H21NO/c1-10-7-6-8-11(9-10)12(15)13(2,3)14(4)5/h6-9,12,15H,1-5H3. The summed E-state index contributed by atoms with van der Waals surface area (Å²) in [5.74, 6) is 0. The van der Waals surface area contributed by atoms with Crippen molar-refractivity contribution in [2.45, 2.75) is 32.4 Å². The molecule has 1 N–H and O–H groups in total. The van der Waals surface area contributed by atoms with Crippen molar-refractivity contribution in [1.29, 1.82) is 0 Å². The lowest BCUT2D eigenvalue weighted by Gasteiger charge is -2.37. The van der Waals surface area contributed by atoms with Crippen LogP contribution >= 0.6 is 0 Å². The van der Waals surface area contributed by atoms with E-state index in [2.05, 4.69) is 0 Å². The molecule has 0 aliphatic heterocycles. The second kappa shape index (κ2) is 4.33. The van der Waals surface area contributed by atoms with Gasteiger partial charge in [0.1, 0.15) is 0 Å². The summed E-state index contributed by atoms with van der Waals surface area (Å²) in [5, 5.41) is 10.3. The quantitative estimate of drug-likeness (QED) is 0.822. The van der Waals surface area contributed by atoms with Gasteiger partial charge in [0.2, 0.25) is 0 Å². The molecule has 0 radical (unpaired) electrons. The molecule has 0 spiro atoms. The summed E-state index contributed by atoms with van der Waals surface area (Å²) in [6, 6.07) is 8.04. The summed E-state index contributed by atoms with van der Waals surface area (Å²) in [7, 11) is 3.97. The zero-order chi connectivity index (χ0) is 11.6. The monoisotopic (exact) mass is 207 g/mol. The highest BCUT2D eigenvalue weighted by molar-refractivity contribution is 5.26. The lowest BCUT2D eigenvalue weighted by Crippen LogP contribution is -2.43. The van der Waals surface area contributed by atoms with Gasteiger partial charge in [-0.05, 0) is 40.4 Å². The van der Waals surface area contributed by atoms with E-state index in [1.165, 1.54) is 5.56 Å². The van der Waals surface area contributed by atoms with Crippen LogP contribution in [0.25, 0.3) is 0 Å². The molecule has 1 rings (SSSR count). The van der Waals surface area contributed by atoms with Gasteiger partial charge in [-0.15, -0.1) is 0 Å². The minimum atomic E-state index is -0.465. The maximum absolute atomic E-state index is 10.3. The van der Waals surface area contributed by atoms with Crippen LogP contribution in [0, 0.1) is 6.92 Å². The van der Waals surface area contributed by atoms with E-state index in [0.717, 1.165) is 5.56 Å². The fourth-order valence-electron chi connectivity index (χ4n) is 1.49. The van der Waals surface area contributed by atoms with Crippen LogP contribution in [0.4, 0.5) is 0 Å². The number of hydrogen-bond acceptors (Lipinski definition) is 2. The molecule has 2 heteroatoms. The second-order valence-electron chi connectivity index (χ2n) is 4.86. The smallest absolute Gasteiger partial charge is 0.0968 e. The van der Waals surface area contributed by atoms with Crippen molar-refractivity contribution < 1.29 is 5.11 Å². The molecule has 0 saturated heterocycles. The minimum Gasteiger partial charge on any atom is -0.386 e. The van der Waals surface area contributed by atoms with E-state index in [0.29, 0.717) is 0 Å². The summed E-state index contributed by atoms with van der Waals surface area (Å²) in [6.07, 6.45) is -0.465. The predicted molar refractivity (Wildman–Crippen MR) is 63.9 cm³/mol. The van der Waals surface area contributed by atoms with E-state index in [1.807, 2.05) is 64.0 Å². The Balaban J connectivity index is 2.99. The zero-order valence-electron chi connectivity index (χ0n) is 10.3. The first-order valence-corrected chi connectivity index (χ1v) is 5.27. The minimum absolute atomic E-state index is 0.256. The van der Waals surface area contributed by atoms with Crippen LogP contribution in [0.2, 0.25) is 0 Å². The highest BCUT2D eigenvalue weighted by Gasteiger charge is 2.31. The largest absolute Gasteiger partial charge is 0.386 e. The molecule has 0 heterocycles. The van der Waals surface area contributed by atoms with Gasteiger partial charge in [-0.1, -0.05) is 29.8 Å². The lowest BCUT2D eigenvalue weighted by molar-refractivity contribution is 0.0164. The fourth-order valence-corrected chi connectivity index (χ4v) is 1.49. The first-order chi connectivity index (χ1) is 6.85. The predicted octanol–water partition coefficient (Wildman–Crippen LogP) is 2.37. The molecule has 1 unspecified atom stereocenters. The Morgan fingerprint density at radius 2 is 1.87 bits per heavy atom. The number of rotatable bonds is 3. The van der Waals surface area contributed by atoms with E-state index in [-0.39, 0.29) is 5.54 Å². The van der Waals surface area contributed by atoms with Crippen molar-refractivity contribution in [2.24, 2.45) is 0 Å². The van der Waals surface area contributed by atoms with Gasteiger partial charge in [0, 0.05) is 5.54 Å². The van der Waals surface area contributed by atoms with Gasteiger partial charge in [0.05, 0.1) is 6.10 Å². The SMILES string of the molecule is Cc1cccc(C(O)C(C)(C)N(C)C)c1. The Hall–Kier alpha value is -0.860. The Labute approximate surface area is 92.5 Å². The van der Waals surface area contributed by atoms with Crippen molar-refractivity contribution in [3.63, 3.8) is 0 Å². The number of benzene rings is 1. The van der Waals surface area contributed by atoms with Gasteiger partial charge in [0.15, 0.2) is 0 Å². The molecule has 1 aromatic rings. The molecule has 0 fully saturated rings. The molecule has 84 valence electrons. The van der Waals surface area contributed by atoms with Crippen LogP contribution in [0.5, 0.6) is 0 Å². The third-order valence-corrected chi connectivity index (χ3v) is 3.18. The average Bonchev–Trinajstić information content (AvgIpc) is 2.16. The van der Waals surface area contributed by atoms with Crippen LogP contribution in [0.15, 0.2) is 24.3 Å². The zero-order valence-corrected chi connectivity index (χ0v) is 10.3. The van der Waals surface area contributed by atoms with Crippen molar-refractivity contribution in [1.82, 2.24) is 4.90 Å². The van der Waals surface area contributed by atoms with E-state index < -0.39 is 6.10 Å². The lowest BCUT2D eigenvalue weighted by atomic mass is 9.89. The molecule has 0 bridgehead atoms. The van der Waals surface area contributed by atoms with Crippen molar-refractivity contribution in [2.75, 3.05) is 14.1 Å². The fraction of sp³-hybridized carbons (Fsp3) is 0.538. The molecule has 15 heavy (non-hydrogen) atoms. The van der Waals surface area contributed by atoms with Gasteiger partial charge in [-0.2, -0.15) is 0 Å².